The van der Waals surface area contributed by atoms with Gasteiger partial charge in [0.15, 0.2) is 0 Å². The van der Waals surface area contributed by atoms with E-state index >= 15 is 0 Å². The number of benzene rings is 1. The largest absolute Gasteiger partial charge is 0.458 e. The molecule has 0 bridgehead atoms. The van der Waals surface area contributed by atoms with Crippen molar-refractivity contribution < 1.29 is 9.52 Å². The van der Waals surface area contributed by atoms with Crippen LogP contribution in [0.5, 0.6) is 0 Å². The molecule has 0 saturated carbocycles. The minimum absolute atomic E-state index is 0.550. The molecular weight excluding hydrogens is 232 g/mol. The number of rotatable bonds is 1. The van der Waals surface area contributed by atoms with Gasteiger partial charge in [-0.3, -0.25) is 0 Å². The van der Waals surface area contributed by atoms with E-state index in [2.05, 4.69) is 15.9 Å². The first-order chi connectivity index (χ1) is 6.16. The van der Waals surface area contributed by atoms with Gasteiger partial charge in [0.2, 0.25) is 0 Å². The van der Waals surface area contributed by atoms with Gasteiger partial charge in [-0.1, -0.05) is 15.9 Å². The van der Waals surface area contributed by atoms with Crippen LogP contribution < -0.4 is 0 Å². The van der Waals surface area contributed by atoms with Gasteiger partial charge in [0.1, 0.15) is 17.4 Å². The molecule has 2 nitrogen and oxygen atoms in total. The Kier molecular flexibility index (Phi) is 2.14. The Morgan fingerprint density at radius 3 is 2.85 bits per heavy atom. The highest BCUT2D eigenvalue weighted by molar-refractivity contribution is 9.10. The molecule has 0 aliphatic carbocycles. The first kappa shape index (κ1) is 8.78. The van der Waals surface area contributed by atoms with Crippen molar-refractivity contribution in [2.45, 2.75) is 13.0 Å². The third-order valence-corrected chi connectivity index (χ3v) is 2.40. The average molecular weight is 241 g/mol. The smallest absolute Gasteiger partial charge is 0.134 e. The minimum atomic E-state index is -0.550. The second kappa shape index (κ2) is 3.16. The fourth-order valence-corrected chi connectivity index (χ4v) is 1.62. The van der Waals surface area contributed by atoms with Gasteiger partial charge in [0.05, 0.1) is 0 Å². The highest BCUT2D eigenvalue weighted by atomic mass is 79.9. The van der Waals surface area contributed by atoms with E-state index in [1.807, 2.05) is 24.3 Å². The van der Waals surface area contributed by atoms with E-state index in [-0.39, 0.29) is 0 Å². The van der Waals surface area contributed by atoms with Gasteiger partial charge in [0.25, 0.3) is 0 Å². The molecule has 3 heteroatoms. The predicted molar refractivity (Wildman–Crippen MR) is 54.5 cm³/mol. The summed E-state index contributed by atoms with van der Waals surface area (Å²) in [6.45, 7) is 1.69. The lowest BCUT2D eigenvalue weighted by Crippen LogP contribution is -1.85. The third kappa shape index (κ3) is 1.62. The van der Waals surface area contributed by atoms with Crippen LogP contribution in [0.3, 0.4) is 0 Å². The van der Waals surface area contributed by atoms with Crippen molar-refractivity contribution in [2.75, 3.05) is 0 Å². The van der Waals surface area contributed by atoms with Crippen molar-refractivity contribution >= 4 is 26.9 Å². The molecule has 0 aliphatic heterocycles. The molecule has 68 valence electrons. The molecule has 0 amide bonds. The maximum atomic E-state index is 9.29. The summed E-state index contributed by atoms with van der Waals surface area (Å²) >= 11 is 3.37. The topological polar surface area (TPSA) is 33.4 Å². The number of hydrogen-bond donors (Lipinski definition) is 1. The summed E-state index contributed by atoms with van der Waals surface area (Å²) in [5.41, 5.74) is 0.805. The molecule has 0 radical (unpaired) electrons. The highest BCUT2D eigenvalue weighted by Gasteiger charge is 2.07. The second-order valence-electron chi connectivity index (χ2n) is 3.01. The zero-order chi connectivity index (χ0) is 9.42. The lowest BCUT2D eigenvalue weighted by molar-refractivity contribution is 0.172. The van der Waals surface area contributed by atoms with E-state index in [4.69, 9.17) is 4.42 Å². The molecule has 0 saturated heterocycles. The second-order valence-corrected chi connectivity index (χ2v) is 3.92. The summed E-state index contributed by atoms with van der Waals surface area (Å²) in [7, 11) is 0. The number of fused-ring (bicyclic) bond motifs is 1. The summed E-state index contributed by atoms with van der Waals surface area (Å²) in [4.78, 5) is 0. The first-order valence-electron chi connectivity index (χ1n) is 4.04. The Labute approximate surface area is 84.3 Å². The SMILES string of the molecule is CC(O)c1cc2cc(Br)ccc2o1. The first-order valence-corrected chi connectivity index (χ1v) is 4.83. The monoisotopic (exact) mass is 240 g/mol. The molecule has 1 aromatic carbocycles. The van der Waals surface area contributed by atoms with E-state index in [0.717, 1.165) is 15.4 Å². The summed E-state index contributed by atoms with van der Waals surface area (Å²) in [6.07, 6.45) is -0.550. The predicted octanol–water partition coefficient (Wildman–Crippen LogP) is 3.25. The molecular formula is C10H9BrO2. The van der Waals surface area contributed by atoms with E-state index in [0.29, 0.717) is 5.76 Å². The van der Waals surface area contributed by atoms with Crippen molar-refractivity contribution in [1.29, 1.82) is 0 Å². The van der Waals surface area contributed by atoms with E-state index < -0.39 is 6.10 Å². The normalized spacial score (nSPS) is 13.5. The molecule has 0 spiro atoms. The Morgan fingerprint density at radius 1 is 1.38 bits per heavy atom. The van der Waals surface area contributed by atoms with Gasteiger partial charge in [-0.05, 0) is 31.2 Å². The number of aliphatic hydroxyl groups excluding tert-OH is 1. The Morgan fingerprint density at radius 2 is 2.15 bits per heavy atom. The number of hydrogen-bond acceptors (Lipinski definition) is 2. The van der Waals surface area contributed by atoms with Gasteiger partial charge in [-0.2, -0.15) is 0 Å². The van der Waals surface area contributed by atoms with Crippen LogP contribution in [0.4, 0.5) is 0 Å². The summed E-state index contributed by atoms with van der Waals surface area (Å²) < 4.78 is 6.43. The van der Waals surface area contributed by atoms with Crippen LogP contribution in [0.15, 0.2) is 33.2 Å². The molecule has 1 atom stereocenters. The fourth-order valence-electron chi connectivity index (χ4n) is 1.24. The van der Waals surface area contributed by atoms with Gasteiger partial charge in [0, 0.05) is 9.86 Å². The van der Waals surface area contributed by atoms with Crippen LogP contribution in [0.1, 0.15) is 18.8 Å². The van der Waals surface area contributed by atoms with Crippen LogP contribution in [0, 0.1) is 0 Å². The van der Waals surface area contributed by atoms with Gasteiger partial charge >= 0.3 is 0 Å². The maximum absolute atomic E-state index is 9.29. The molecule has 1 unspecified atom stereocenters. The van der Waals surface area contributed by atoms with Gasteiger partial charge in [-0.25, -0.2) is 0 Å². The van der Waals surface area contributed by atoms with Crippen LogP contribution in [-0.2, 0) is 0 Å². The molecule has 2 rings (SSSR count). The Bertz CT molecular complexity index is 431. The summed E-state index contributed by atoms with van der Waals surface area (Å²) in [6, 6.07) is 7.61. The van der Waals surface area contributed by atoms with Crippen molar-refractivity contribution in [2.24, 2.45) is 0 Å². The summed E-state index contributed by atoms with van der Waals surface area (Å²) in [5, 5.41) is 10.3. The third-order valence-electron chi connectivity index (χ3n) is 1.91. The van der Waals surface area contributed by atoms with Crippen molar-refractivity contribution in [1.82, 2.24) is 0 Å². The van der Waals surface area contributed by atoms with Gasteiger partial charge in [-0.15, -0.1) is 0 Å². The molecule has 0 fully saturated rings. The number of aliphatic hydroxyl groups is 1. The van der Waals surface area contributed by atoms with Crippen LogP contribution in [0.2, 0.25) is 0 Å². The van der Waals surface area contributed by atoms with E-state index in [1.165, 1.54) is 0 Å². The molecule has 0 aliphatic rings. The molecule has 1 N–H and O–H groups in total. The van der Waals surface area contributed by atoms with Crippen LogP contribution in [0.25, 0.3) is 11.0 Å². The lowest BCUT2D eigenvalue weighted by atomic mass is 10.2. The number of furan rings is 1. The molecule has 2 aromatic rings. The fraction of sp³-hybridized carbons (Fsp3) is 0.200. The standard InChI is InChI=1S/C10H9BrO2/c1-6(12)10-5-7-4-8(11)2-3-9(7)13-10/h2-6,12H,1H3. The maximum Gasteiger partial charge on any atom is 0.134 e. The quantitative estimate of drug-likeness (QED) is 0.831. The van der Waals surface area contributed by atoms with Gasteiger partial charge < -0.3 is 9.52 Å². The van der Waals surface area contributed by atoms with Crippen LogP contribution >= 0.6 is 15.9 Å². The average Bonchev–Trinajstić information content (AvgIpc) is 2.46. The van der Waals surface area contributed by atoms with Crippen molar-refractivity contribution in [3.05, 3.63) is 34.5 Å². The van der Waals surface area contributed by atoms with E-state index in [1.54, 1.807) is 6.92 Å². The minimum Gasteiger partial charge on any atom is -0.458 e. The highest BCUT2D eigenvalue weighted by Crippen LogP contribution is 2.26. The number of halogens is 1. The lowest BCUT2D eigenvalue weighted by Gasteiger charge is -1.95. The van der Waals surface area contributed by atoms with Crippen molar-refractivity contribution in [3.8, 4) is 0 Å². The zero-order valence-electron chi connectivity index (χ0n) is 7.12. The Hall–Kier alpha value is -0.800. The molecule has 13 heavy (non-hydrogen) atoms. The summed E-state index contributed by atoms with van der Waals surface area (Å²) in [5.74, 6) is 0.605. The van der Waals surface area contributed by atoms with Crippen LogP contribution in [-0.4, -0.2) is 5.11 Å². The molecule has 1 heterocycles. The zero-order valence-corrected chi connectivity index (χ0v) is 8.71. The Balaban J connectivity index is 2.62. The van der Waals surface area contributed by atoms with Crippen molar-refractivity contribution in [3.63, 3.8) is 0 Å². The molecule has 1 aromatic heterocycles. The van der Waals surface area contributed by atoms with E-state index in [9.17, 15) is 5.11 Å².